The molecule has 0 aliphatic rings. The first-order valence-corrected chi connectivity index (χ1v) is 7.17. The number of nitrogens with one attached hydrogen (secondary N) is 1. The molecular formula is C17H21FN2O. The van der Waals surface area contributed by atoms with Gasteiger partial charge in [0.05, 0.1) is 0 Å². The summed E-state index contributed by atoms with van der Waals surface area (Å²) in [6.45, 7) is 6.12. The molecule has 0 saturated heterocycles. The van der Waals surface area contributed by atoms with Crippen LogP contribution >= 0.6 is 0 Å². The van der Waals surface area contributed by atoms with Gasteiger partial charge in [0.2, 0.25) is 5.88 Å². The van der Waals surface area contributed by atoms with Crippen LogP contribution < -0.4 is 10.1 Å². The number of ether oxygens (including phenoxy) is 1. The summed E-state index contributed by atoms with van der Waals surface area (Å²) >= 11 is 0. The Morgan fingerprint density at radius 2 is 1.90 bits per heavy atom. The van der Waals surface area contributed by atoms with Gasteiger partial charge in [-0.25, -0.2) is 9.37 Å². The number of aromatic nitrogens is 1. The van der Waals surface area contributed by atoms with Crippen molar-refractivity contribution < 1.29 is 9.13 Å². The van der Waals surface area contributed by atoms with Crippen molar-refractivity contribution in [3.05, 3.63) is 59.5 Å². The van der Waals surface area contributed by atoms with E-state index in [4.69, 9.17) is 4.74 Å². The first kappa shape index (κ1) is 15.4. The lowest BCUT2D eigenvalue weighted by atomic mass is 10.2. The van der Waals surface area contributed by atoms with Gasteiger partial charge in [-0.2, -0.15) is 0 Å². The molecule has 0 amide bonds. The third-order valence-electron chi connectivity index (χ3n) is 3.04. The smallest absolute Gasteiger partial charge is 0.218 e. The lowest BCUT2D eigenvalue weighted by Crippen LogP contribution is -2.19. The molecule has 1 N–H and O–H groups in total. The summed E-state index contributed by atoms with van der Waals surface area (Å²) in [5, 5.41) is 3.36. The molecule has 21 heavy (non-hydrogen) atoms. The Bertz CT molecular complexity index is 572. The van der Waals surface area contributed by atoms with Crippen LogP contribution in [0.5, 0.6) is 5.88 Å². The molecule has 0 unspecified atom stereocenters. The lowest BCUT2D eigenvalue weighted by molar-refractivity contribution is 0.284. The predicted octanol–water partition coefficient (Wildman–Crippen LogP) is 3.55. The maximum atomic E-state index is 13.6. The minimum atomic E-state index is -0.257. The molecule has 0 saturated carbocycles. The second kappa shape index (κ2) is 7.74. The summed E-state index contributed by atoms with van der Waals surface area (Å²) in [7, 11) is 0. The number of benzene rings is 1. The molecule has 1 aromatic heterocycles. The van der Waals surface area contributed by atoms with E-state index in [1.165, 1.54) is 6.07 Å². The Morgan fingerprint density at radius 3 is 2.67 bits per heavy atom. The zero-order valence-corrected chi connectivity index (χ0v) is 12.5. The summed E-state index contributed by atoms with van der Waals surface area (Å²) in [4.78, 5) is 4.24. The highest BCUT2D eigenvalue weighted by atomic mass is 19.1. The largest absolute Gasteiger partial charge is 0.472 e. The molecule has 0 bridgehead atoms. The molecule has 1 heterocycles. The van der Waals surface area contributed by atoms with Crippen molar-refractivity contribution in [3.63, 3.8) is 0 Å². The van der Waals surface area contributed by atoms with Crippen molar-refractivity contribution in [1.82, 2.24) is 10.3 Å². The van der Waals surface area contributed by atoms with Crippen LogP contribution in [0, 0.1) is 11.7 Å². The number of pyridine rings is 1. The van der Waals surface area contributed by atoms with Gasteiger partial charge in [-0.3, -0.25) is 0 Å². The van der Waals surface area contributed by atoms with Crippen LogP contribution in [0.1, 0.15) is 25.0 Å². The molecule has 2 aromatic rings. The maximum absolute atomic E-state index is 13.6. The van der Waals surface area contributed by atoms with Crippen molar-refractivity contribution in [2.75, 3.05) is 6.54 Å². The standard InChI is InChI=1S/C17H21FN2O/c1-13(2)10-19-11-14-7-5-9-20-17(14)21-12-15-6-3-4-8-16(15)18/h3-9,13,19H,10-12H2,1-2H3. The van der Waals surface area contributed by atoms with Gasteiger partial charge in [0.15, 0.2) is 0 Å². The minimum Gasteiger partial charge on any atom is -0.472 e. The number of rotatable bonds is 7. The van der Waals surface area contributed by atoms with Gasteiger partial charge >= 0.3 is 0 Å². The third-order valence-corrected chi connectivity index (χ3v) is 3.04. The van der Waals surface area contributed by atoms with Crippen molar-refractivity contribution in [3.8, 4) is 5.88 Å². The second-order valence-electron chi connectivity index (χ2n) is 5.37. The Morgan fingerprint density at radius 1 is 1.14 bits per heavy atom. The highest BCUT2D eigenvalue weighted by Gasteiger charge is 2.07. The fraction of sp³-hybridized carbons (Fsp3) is 0.353. The van der Waals surface area contributed by atoms with Crippen LogP contribution in [0.15, 0.2) is 42.6 Å². The average Bonchev–Trinajstić information content (AvgIpc) is 2.47. The molecule has 0 aliphatic carbocycles. The van der Waals surface area contributed by atoms with E-state index in [1.54, 1.807) is 24.4 Å². The van der Waals surface area contributed by atoms with Crippen LogP contribution in [0.3, 0.4) is 0 Å². The minimum absolute atomic E-state index is 0.181. The van der Waals surface area contributed by atoms with Gasteiger partial charge in [0, 0.05) is 23.9 Å². The first-order valence-electron chi connectivity index (χ1n) is 7.17. The van der Waals surface area contributed by atoms with E-state index in [2.05, 4.69) is 24.1 Å². The zero-order chi connectivity index (χ0) is 15.1. The fourth-order valence-electron chi connectivity index (χ4n) is 1.95. The van der Waals surface area contributed by atoms with Gasteiger partial charge in [-0.15, -0.1) is 0 Å². The molecule has 112 valence electrons. The first-order chi connectivity index (χ1) is 10.2. The zero-order valence-electron chi connectivity index (χ0n) is 12.5. The van der Waals surface area contributed by atoms with E-state index in [0.717, 1.165) is 12.1 Å². The van der Waals surface area contributed by atoms with Crippen molar-refractivity contribution in [2.45, 2.75) is 27.0 Å². The molecule has 0 fully saturated rings. The fourth-order valence-corrected chi connectivity index (χ4v) is 1.95. The summed E-state index contributed by atoms with van der Waals surface area (Å²) in [5.74, 6) is 0.884. The predicted molar refractivity (Wildman–Crippen MR) is 81.5 cm³/mol. The van der Waals surface area contributed by atoms with E-state index in [-0.39, 0.29) is 12.4 Å². The monoisotopic (exact) mass is 288 g/mol. The van der Waals surface area contributed by atoms with E-state index in [0.29, 0.717) is 23.9 Å². The van der Waals surface area contributed by atoms with Gasteiger partial charge in [0.25, 0.3) is 0 Å². The highest BCUT2D eigenvalue weighted by molar-refractivity contribution is 5.26. The quantitative estimate of drug-likeness (QED) is 0.846. The highest BCUT2D eigenvalue weighted by Crippen LogP contribution is 2.17. The van der Waals surface area contributed by atoms with Crippen molar-refractivity contribution >= 4 is 0 Å². The van der Waals surface area contributed by atoms with Crippen LogP contribution in [-0.4, -0.2) is 11.5 Å². The number of halogens is 1. The normalized spacial score (nSPS) is 10.9. The van der Waals surface area contributed by atoms with E-state index in [9.17, 15) is 4.39 Å². The Kier molecular flexibility index (Phi) is 5.69. The summed E-state index contributed by atoms with van der Waals surface area (Å²) < 4.78 is 19.2. The molecular weight excluding hydrogens is 267 g/mol. The molecule has 2 rings (SSSR count). The van der Waals surface area contributed by atoms with Crippen molar-refractivity contribution in [1.29, 1.82) is 0 Å². The third kappa shape index (κ3) is 4.83. The molecule has 0 atom stereocenters. The Labute approximate surface area is 125 Å². The SMILES string of the molecule is CC(C)CNCc1cccnc1OCc1ccccc1F. The Hall–Kier alpha value is -1.94. The number of hydrogen-bond acceptors (Lipinski definition) is 3. The van der Waals surface area contributed by atoms with Crippen LogP contribution in [-0.2, 0) is 13.2 Å². The molecule has 0 radical (unpaired) electrons. The topological polar surface area (TPSA) is 34.2 Å². The summed E-state index contributed by atoms with van der Waals surface area (Å²) in [5.41, 5.74) is 1.51. The van der Waals surface area contributed by atoms with Crippen LogP contribution in [0.25, 0.3) is 0 Å². The van der Waals surface area contributed by atoms with Gasteiger partial charge in [-0.1, -0.05) is 38.1 Å². The molecule has 0 spiro atoms. The maximum Gasteiger partial charge on any atom is 0.218 e. The van der Waals surface area contributed by atoms with E-state index < -0.39 is 0 Å². The summed E-state index contributed by atoms with van der Waals surface area (Å²) in [6, 6.07) is 10.5. The molecule has 0 aliphatic heterocycles. The molecule has 3 nitrogen and oxygen atoms in total. The lowest BCUT2D eigenvalue weighted by Gasteiger charge is -2.12. The average molecular weight is 288 g/mol. The summed E-state index contributed by atoms with van der Waals surface area (Å²) in [6.07, 6.45) is 1.68. The van der Waals surface area contributed by atoms with Gasteiger partial charge < -0.3 is 10.1 Å². The Balaban J connectivity index is 1.98. The number of nitrogens with zero attached hydrogens (tertiary/aromatic N) is 1. The van der Waals surface area contributed by atoms with Crippen LogP contribution in [0.4, 0.5) is 4.39 Å². The van der Waals surface area contributed by atoms with Gasteiger partial charge in [0.1, 0.15) is 12.4 Å². The van der Waals surface area contributed by atoms with Crippen LogP contribution in [0.2, 0.25) is 0 Å². The van der Waals surface area contributed by atoms with E-state index >= 15 is 0 Å². The van der Waals surface area contributed by atoms with Crippen molar-refractivity contribution in [2.24, 2.45) is 5.92 Å². The van der Waals surface area contributed by atoms with E-state index in [1.807, 2.05) is 12.1 Å². The molecule has 1 aromatic carbocycles. The van der Waals surface area contributed by atoms with Gasteiger partial charge in [-0.05, 0) is 24.6 Å². The second-order valence-corrected chi connectivity index (χ2v) is 5.37. The number of hydrogen-bond donors (Lipinski definition) is 1. The molecule has 4 heteroatoms.